The number of ether oxygens (including phenoxy) is 2. The van der Waals surface area contributed by atoms with Crippen molar-refractivity contribution in [3.05, 3.63) is 29.3 Å². The number of carbonyl (C=O) groups excluding carboxylic acids is 3. The minimum atomic E-state index is -1.08. The summed E-state index contributed by atoms with van der Waals surface area (Å²) >= 11 is 3.66. The summed E-state index contributed by atoms with van der Waals surface area (Å²) in [6.45, 7) is 6.36. The van der Waals surface area contributed by atoms with Crippen molar-refractivity contribution in [2.75, 3.05) is 25.1 Å². The van der Waals surface area contributed by atoms with E-state index in [1.54, 1.807) is 11.8 Å². The first-order valence-corrected chi connectivity index (χ1v) is 13.4. The van der Waals surface area contributed by atoms with E-state index in [1.807, 2.05) is 32.0 Å². The van der Waals surface area contributed by atoms with Gasteiger partial charge in [0.05, 0.1) is 24.5 Å². The minimum Gasteiger partial charge on any atom is -0.466 e. The van der Waals surface area contributed by atoms with Gasteiger partial charge in [-0.15, -0.1) is 0 Å². The Labute approximate surface area is 214 Å². The number of likely N-dealkylation sites (tertiary alicyclic amines) is 1. The predicted octanol–water partition coefficient (Wildman–Crippen LogP) is 3.11. The van der Waals surface area contributed by atoms with Crippen molar-refractivity contribution in [1.29, 1.82) is 0 Å². The summed E-state index contributed by atoms with van der Waals surface area (Å²) in [5, 5.41) is 12.1. The van der Waals surface area contributed by atoms with Crippen LogP contribution in [0.5, 0.6) is 0 Å². The number of aliphatic hydroxyl groups excluding tert-OH is 1. The normalized spacial score (nSPS) is 31.1. The van der Waals surface area contributed by atoms with Gasteiger partial charge in [0.15, 0.2) is 0 Å². The van der Waals surface area contributed by atoms with Gasteiger partial charge in [-0.3, -0.25) is 14.4 Å². The first kappa shape index (κ1) is 26.1. The molecule has 6 atom stereocenters. The first-order valence-electron chi connectivity index (χ1n) is 12.5. The number of anilines is 1. The molecule has 2 amide bonds. The van der Waals surface area contributed by atoms with Crippen molar-refractivity contribution < 1.29 is 29.0 Å². The van der Waals surface area contributed by atoms with E-state index in [1.165, 1.54) is 0 Å². The molecule has 0 aliphatic carbocycles. The number of aliphatic hydroxyl groups is 1. The Morgan fingerprint density at radius 2 is 1.91 bits per heavy atom. The van der Waals surface area contributed by atoms with Crippen LogP contribution in [0.2, 0.25) is 0 Å². The van der Waals surface area contributed by atoms with Crippen LogP contribution < -0.4 is 5.32 Å². The molecule has 3 heterocycles. The highest BCUT2D eigenvalue weighted by Crippen LogP contribution is 2.60. The number of hydrogen-bond acceptors (Lipinski definition) is 6. The first-order chi connectivity index (χ1) is 16.8. The van der Waals surface area contributed by atoms with Gasteiger partial charge in [-0.2, -0.15) is 0 Å². The molecule has 2 N–H and O–H groups in total. The van der Waals surface area contributed by atoms with Crippen LogP contribution >= 0.6 is 15.9 Å². The lowest BCUT2D eigenvalue weighted by molar-refractivity contribution is -0.154. The van der Waals surface area contributed by atoms with Gasteiger partial charge in [0, 0.05) is 23.7 Å². The zero-order valence-electron chi connectivity index (χ0n) is 20.6. The number of unbranched alkanes of at least 4 members (excludes halogenated alkanes) is 3. The Bertz CT molecular complexity index is 966. The molecule has 0 saturated carbocycles. The molecule has 3 saturated heterocycles. The van der Waals surface area contributed by atoms with E-state index in [0.29, 0.717) is 25.8 Å². The molecule has 3 fully saturated rings. The van der Waals surface area contributed by atoms with Crippen molar-refractivity contribution in [2.45, 2.75) is 75.4 Å². The number of amides is 2. The van der Waals surface area contributed by atoms with Crippen molar-refractivity contribution in [2.24, 2.45) is 11.8 Å². The molecule has 2 bridgehead atoms. The molecule has 1 spiro atoms. The molecule has 3 aliphatic rings. The number of halogens is 1. The van der Waals surface area contributed by atoms with Crippen molar-refractivity contribution in [3.8, 4) is 0 Å². The number of para-hydroxylation sites is 1. The van der Waals surface area contributed by atoms with Crippen LogP contribution in [0.1, 0.15) is 50.2 Å². The summed E-state index contributed by atoms with van der Waals surface area (Å²) in [5.41, 5.74) is 1.52. The Hall–Kier alpha value is -1.97. The standard InChI is InChI=1S/C26H35BrN2O6/c1-4-34-25(33)18-19-24(32)29(12-7-5-6-8-13-30)22(26(19)14-17(27)21(18)35-26)23(31)28-20-15(2)10-9-11-16(20)3/h9-11,17-19,21-22,30H,4-8,12-14H2,1-3H3,(H,28,31)/t17?,18-,19-,21-,22?,26?/m0/s1. The summed E-state index contributed by atoms with van der Waals surface area (Å²) in [5.74, 6) is -2.44. The van der Waals surface area contributed by atoms with E-state index in [4.69, 9.17) is 14.6 Å². The Morgan fingerprint density at radius 3 is 2.57 bits per heavy atom. The monoisotopic (exact) mass is 550 g/mol. The highest BCUT2D eigenvalue weighted by Gasteiger charge is 2.76. The van der Waals surface area contributed by atoms with Gasteiger partial charge in [0.1, 0.15) is 11.6 Å². The molecule has 0 aromatic heterocycles. The second-order valence-electron chi connectivity index (χ2n) is 9.84. The largest absolute Gasteiger partial charge is 0.466 e. The number of nitrogens with zero attached hydrogens (tertiary/aromatic N) is 1. The Balaban J connectivity index is 1.67. The Kier molecular flexibility index (Phi) is 7.88. The third-order valence-corrected chi connectivity index (χ3v) is 8.48. The van der Waals surface area contributed by atoms with Gasteiger partial charge in [-0.25, -0.2) is 0 Å². The van der Waals surface area contributed by atoms with E-state index in [-0.39, 0.29) is 29.9 Å². The topological polar surface area (TPSA) is 105 Å². The van der Waals surface area contributed by atoms with E-state index < -0.39 is 35.6 Å². The van der Waals surface area contributed by atoms with Gasteiger partial charge in [0.25, 0.3) is 0 Å². The quantitative estimate of drug-likeness (QED) is 0.263. The second kappa shape index (κ2) is 10.6. The van der Waals surface area contributed by atoms with Gasteiger partial charge < -0.3 is 24.8 Å². The maximum absolute atomic E-state index is 13.9. The number of nitrogens with one attached hydrogen (secondary N) is 1. The van der Waals surface area contributed by atoms with E-state index in [2.05, 4.69) is 21.2 Å². The third kappa shape index (κ3) is 4.51. The summed E-state index contributed by atoms with van der Waals surface area (Å²) < 4.78 is 11.8. The van der Waals surface area contributed by atoms with E-state index in [9.17, 15) is 14.4 Å². The van der Waals surface area contributed by atoms with Crippen LogP contribution in [0.4, 0.5) is 5.69 Å². The zero-order chi connectivity index (χ0) is 25.3. The Morgan fingerprint density at radius 1 is 1.23 bits per heavy atom. The molecule has 35 heavy (non-hydrogen) atoms. The molecule has 1 aromatic carbocycles. The minimum absolute atomic E-state index is 0.137. The number of esters is 1. The summed E-state index contributed by atoms with van der Waals surface area (Å²) in [4.78, 5) is 42.1. The van der Waals surface area contributed by atoms with Gasteiger partial charge in [-0.1, -0.05) is 47.0 Å². The lowest BCUT2D eigenvalue weighted by Crippen LogP contribution is -2.54. The fraction of sp³-hybridized carbons (Fsp3) is 0.654. The van der Waals surface area contributed by atoms with E-state index in [0.717, 1.165) is 29.7 Å². The van der Waals surface area contributed by atoms with Crippen LogP contribution in [0, 0.1) is 25.7 Å². The highest BCUT2D eigenvalue weighted by molar-refractivity contribution is 9.09. The molecule has 3 unspecified atom stereocenters. The SMILES string of the molecule is CCOC(=O)[C@H]1[C@H]2C(=O)N(CCCCCCO)C(C(=O)Nc3c(C)cccc3C)C23CC(Br)[C@@H]1O3. The molecule has 1 aromatic rings. The molecule has 9 heteroatoms. The van der Waals surface area contributed by atoms with Crippen molar-refractivity contribution in [1.82, 2.24) is 4.90 Å². The lowest BCUT2D eigenvalue weighted by Gasteiger charge is -2.34. The van der Waals surface area contributed by atoms with Crippen molar-refractivity contribution >= 4 is 39.4 Å². The van der Waals surface area contributed by atoms with Gasteiger partial charge in [-0.05, 0) is 51.2 Å². The van der Waals surface area contributed by atoms with Crippen LogP contribution in [-0.2, 0) is 23.9 Å². The third-order valence-electron chi connectivity index (χ3n) is 7.63. The number of hydrogen-bond donors (Lipinski definition) is 2. The average molecular weight is 551 g/mol. The maximum Gasteiger partial charge on any atom is 0.312 e. The zero-order valence-corrected chi connectivity index (χ0v) is 22.2. The predicted molar refractivity (Wildman–Crippen MR) is 134 cm³/mol. The van der Waals surface area contributed by atoms with Crippen LogP contribution in [0.3, 0.4) is 0 Å². The summed E-state index contributed by atoms with van der Waals surface area (Å²) in [7, 11) is 0. The fourth-order valence-corrected chi connectivity index (χ4v) is 7.07. The van der Waals surface area contributed by atoms with E-state index >= 15 is 0 Å². The molecule has 4 rings (SSSR count). The van der Waals surface area contributed by atoms with Gasteiger partial charge in [0.2, 0.25) is 11.8 Å². The molecule has 8 nitrogen and oxygen atoms in total. The summed E-state index contributed by atoms with van der Waals surface area (Å²) in [6.07, 6.45) is 3.05. The van der Waals surface area contributed by atoms with Crippen LogP contribution in [-0.4, -0.2) is 70.1 Å². The molecule has 0 radical (unpaired) electrons. The molecular weight excluding hydrogens is 516 g/mol. The van der Waals surface area contributed by atoms with Crippen molar-refractivity contribution in [3.63, 3.8) is 0 Å². The number of alkyl halides is 1. The molecule has 3 aliphatic heterocycles. The summed E-state index contributed by atoms with van der Waals surface area (Å²) in [6, 6.07) is 4.96. The van der Waals surface area contributed by atoms with Crippen LogP contribution in [0.15, 0.2) is 18.2 Å². The van der Waals surface area contributed by atoms with Crippen LogP contribution in [0.25, 0.3) is 0 Å². The number of aryl methyl sites for hydroxylation is 2. The maximum atomic E-state index is 13.9. The fourth-order valence-electron chi connectivity index (χ4n) is 6.13. The number of rotatable bonds is 10. The molecular formula is C26H35BrN2O6. The number of fused-ring (bicyclic) bond motifs is 1. The highest BCUT2D eigenvalue weighted by atomic mass is 79.9. The smallest absolute Gasteiger partial charge is 0.312 e. The number of benzene rings is 1. The van der Waals surface area contributed by atoms with Gasteiger partial charge >= 0.3 is 5.97 Å². The second-order valence-corrected chi connectivity index (χ2v) is 11.0. The average Bonchev–Trinajstić information content (AvgIpc) is 3.40. The lowest BCUT2D eigenvalue weighted by atomic mass is 9.70. The number of carbonyl (C=O) groups is 3. The molecule has 192 valence electrons.